The lowest BCUT2D eigenvalue weighted by Crippen LogP contribution is -2.58. The summed E-state index contributed by atoms with van der Waals surface area (Å²) in [6, 6.07) is 8.37. The number of nitrogens with one attached hydrogen (secondary N) is 1. The number of hydrogen-bond acceptors (Lipinski definition) is 7. The lowest BCUT2D eigenvalue weighted by Gasteiger charge is -2.52. The molecule has 5 atom stereocenters. The molecule has 4 aliphatic carbocycles. The number of carboxylic acid groups (broad SMARTS) is 2. The minimum atomic E-state index is -1.16. The average Bonchev–Trinajstić information content (AvgIpc) is 3.46. The van der Waals surface area contributed by atoms with Crippen LogP contribution in [0.4, 0.5) is 0 Å². The van der Waals surface area contributed by atoms with Crippen LogP contribution in [0, 0.1) is 17.8 Å². The van der Waals surface area contributed by atoms with E-state index in [1.807, 2.05) is 28.8 Å². The second kappa shape index (κ2) is 10.4. The lowest BCUT2D eigenvalue weighted by molar-refractivity contribution is -0.141. The van der Waals surface area contributed by atoms with Crippen molar-refractivity contribution in [3.63, 3.8) is 0 Å². The summed E-state index contributed by atoms with van der Waals surface area (Å²) in [5, 5.41) is 20.8. The Balaban J connectivity index is 1.13. The molecule has 1 aromatic carbocycles. The minimum Gasteiger partial charge on any atom is -0.480 e. The zero-order chi connectivity index (χ0) is 29.2. The molecular formula is C31H39N5O6. The first-order valence-electron chi connectivity index (χ1n) is 15.5. The van der Waals surface area contributed by atoms with Crippen molar-refractivity contribution in [2.75, 3.05) is 26.2 Å². The molecule has 11 nitrogen and oxygen atoms in total. The largest absolute Gasteiger partial charge is 0.480 e. The zero-order valence-electron chi connectivity index (χ0n) is 23.8. The number of aliphatic carboxylic acids is 2. The van der Waals surface area contributed by atoms with Crippen LogP contribution in [0.1, 0.15) is 74.3 Å². The molecule has 3 heterocycles. The average molecular weight is 578 g/mol. The number of nitrogens with zero attached hydrogens (tertiary/aromatic N) is 4. The molecule has 2 aliphatic heterocycles. The van der Waals surface area contributed by atoms with Gasteiger partial charge in [0, 0.05) is 36.8 Å². The molecule has 6 aliphatic rings. The number of carbonyl (C=O) groups is 3. The zero-order valence-corrected chi connectivity index (χ0v) is 23.8. The van der Waals surface area contributed by atoms with Crippen molar-refractivity contribution < 1.29 is 24.6 Å². The van der Waals surface area contributed by atoms with Gasteiger partial charge in [-0.2, -0.15) is 0 Å². The fraction of sp³-hybridized carbons (Fsp3) is 0.645. The third kappa shape index (κ3) is 4.61. The lowest BCUT2D eigenvalue weighted by atomic mass is 9.78. The van der Waals surface area contributed by atoms with Gasteiger partial charge in [0.2, 0.25) is 0 Å². The van der Waals surface area contributed by atoms with Crippen molar-refractivity contribution in [1.29, 1.82) is 0 Å². The van der Waals surface area contributed by atoms with Crippen LogP contribution in [0.3, 0.4) is 0 Å². The normalized spacial score (nSPS) is 33.1. The molecule has 11 heteroatoms. The molecule has 1 amide bonds. The number of benzene rings is 1. The number of aromatic nitrogens is 2. The van der Waals surface area contributed by atoms with E-state index in [1.54, 1.807) is 0 Å². The van der Waals surface area contributed by atoms with Gasteiger partial charge in [0.05, 0.1) is 24.1 Å². The van der Waals surface area contributed by atoms with Crippen LogP contribution in [0.2, 0.25) is 0 Å². The fourth-order valence-electron chi connectivity index (χ4n) is 9.93. The van der Waals surface area contributed by atoms with Crippen LogP contribution in [-0.2, 0) is 9.59 Å². The van der Waals surface area contributed by atoms with E-state index in [-0.39, 0.29) is 24.8 Å². The third-order valence-corrected chi connectivity index (χ3v) is 11.0. The SMILES string of the molecule is O=C(O)CN(CCNC(=O)c1nc2ccccc2n([C@H]2C[C@H]3CC[C@@H](C2)N3C23CC4CC(CC2C4)C3)c1=O)CC(=O)O. The second-order valence-electron chi connectivity index (χ2n) is 13.4. The Labute approximate surface area is 243 Å². The maximum atomic E-state index is 14.0. The molecular weight excluding hydrogens is 538 g/mol. The Bertz CT molecular complexity index is 1450. The smallest absolute Gasteiger partial charge is 0.317 e. The van der Waals surface area contributed by atoms with Gasteiger partial charge in [0.25, 0.3) is 11.5 Å². The summed E-state index contributed by atoms with van der Waals surface area (Å²) in [4.78, 5) is 58.0. The summed E-state index contributed by atoms with van der Waals surface area (Å²) >= 11 is 0. The standard InChI is InChI=1S/C31H39N5O6/c37-26(38)16-34(17-27(39)40)8-7-32-29(41)28-30(42)35(25-4-2-1-3-24(25)33-28)23-12-21-5-6-22(13-23)36(21)31-14-18-9-19(15-31)11-20(31)10-18/h1-4,18-23H,5-17H2,(H,32,41)(H,37,38)(H,39,40)/t18?,19?,20?,21-,22+,23+,31?. The van der Waals surface area contributed by atoms with Gasteiger partial charge >= 0.3 is 11.9 Å². The first-order valence-corrected chi connectivity index (χ1v) is 15.5. The fourth-order valence-corrected chi connectivity index (χ4v) is 9.93. The van der Waals surface area contributed by atoms with Crippen molar-refractivity contribution in [3.05, 3.63) is 40.3 Å². The van der Waals surface area contributed by atoms with Crippen molar-refractivity contribution in [2.24, 2.45) is 17.8 Å². The molecule has 1 aromatic heterocycles. The van der Waals surface area contributed by atoms with Crippen LogP contribution in [0.15, 0.2) is 29.1 Å². The van der Waals surface area contributed by atoms with Gasteiger partial charge < -0.3 is 20.1 Å². The summed E-state index contributed by atoms with van der Waals surface area (Å²) in [7, 11) is 0. The number of para-hydroxylation sites is 2. The number of rotatable bonds is 10. The topological polar surface area (TPSA) is 145 Å². The van der Waals surface area contributed by atoms with E-state index in [0.29, 0.717) is 23.1 Å². The number of piperidine rings is 1. The number of hydrogen-bond donors (Lipinski definition) is 3. The summed E-state index contributed by atoms with van der Waals surface area (Å²) in [6.45, 7) is -0.930. The molecule has 6 bridgehead atoms. The van der Waals surface area contributed by atoms with Crippen LogP contribution in [0.5, 0.6) is 0 Å². The third-order valence-electron chi connectivity index (χ3n) is 11.0. The Morgan fingerprint density at radius 1 is 0.929 bits per heavy atom. The van der Waals surface area contributed by atoms with Crippen LogP contribution < -0.4 is 10.9 Å². The monoisotopic (exact) mass is 577 g/mol. The van der Waals surface area contributed by atoms with Crippen LogP contribution in [0.25, 0.3) is 11.0 Å². The Morgan fingerprint density at radius 2 is 1.57 bits per heavy atom. The molecule has 224 valence electrons. The highest BCUT2D eigenvalue weighted by Gasteiger charge is 2.64. The summed E-state index contributed by atoms with van der Waals surface area (Å²) < 4.78 is 1.82. The van der Waals surface area contributed by atoms with E-state index in [4.69, 9.17) is 10.2 Å². The molecule has 3 N–H and O–H groups in total. The van der Waals surface area contributed by atoms with Gasteiger partial charge in [-0.1, -0.05) is 12.1 Å². The van der Waals surface area contributed by atoms with Crippen molar-refractivity contribution in [2.45, 2.75) is 81.5 Å². The first kappa shape index (κ1) is 27.5. The molecule has 2 unspecified atom stereocenters. The highest BCUT2D eigenvalue weighted by molar-refractivity contribution is 5.93. The second-order valence-corrected chi connectivity index (χ2v) is 13.4. The van der Waals surface area contributed by atoms with E-state index < -0.39 is 36.5 Å². The maximum Gasteiger partial charge on any atom is 0.317 e. The van der Waals surface area contributed by atoms with Gasteiger partial charge in [-0.05, 0) is 87.7 Å². The van der Waals surface area contributed by atoms with E-state index >= 15 is 0 Å². The summed E-state index contributed by atoms with van der Waals surface area (Å²) in [5.74, 6) is -0.324. The van der Waals surface area contributed by atoms with Crippen molar-refractivity contribution in [1.82, 2.24) is 24.7 Å². The van der Waals surface area contributed by atoms with Crippen molar-refractivity contribution >= 4 is 28.9 Å². The number of carboxylic acids is 2. The van der Waals surface area contributed by atoms with E-state index in [2.05, 4.69) is 15.2 Å². The predicted octanol–water partition coefficient (Wildman–Crippen LogP) is 2.34. The molecule has 2 aromatic rings. The number of carbonyl (C=O) groups excluding carboxylic acids is 1. The predicted molar refractivity (Wildman–Crippen MR) is 153 cm³/mol. The van der Waals surface area contributed by atoms with Crippen molar-refractivity contribution in [3.8, 4) is 0 Å². The molecule has 0 spiro atoms. The highest BCUT2D eigenvalue weighted by atomic mass is 16.4. The molecule has 8 rings (SSSR count). The van der Waals surface area contributed by atoms with Crippen LogP contribution >= 0.6 is 0 Å². The number of amides is 1. The van der Waals surface area contributed by atoms with E-state index in [0.717, 1.165) is 36.1 Å². The van der Waals surface area contributed by atoms with Gasteiger partial charge in [-0.25, -0.2) is 4.98 Å². The molecule has 0 radical (unpaired) electrons. The van der Waals surface area contributed by atoms with Gasteiger partial charge in [-0.15, -0.1) is 0 Å². The Morgan fingerprint density at radius 3 is 2.21 bits per heavy atom. The molecule has 2 saturated heterocycles. The van der Waals surface area contributed by atoms with E-state index in [9.17, 15) is 19.2 Å². The summed E-state index contributed by atoms with van der Waals surface area (Å²) in [6.07, 6.45) is 11.0. The molecule has 4 saturated carbocycles. The minimum absolute atomic E-state index is 0.0123. The Hall–Kier alpha value is -3.31. The highest BCUT2D eigenvalue weighted by Crippen LogP contribution is 2.65. The van der Waals surface area contributed by atoms with Crippen LogP contribution in [-0.4, -0.2) is 91.2 Å². The Kier molecular flexibility index (Phi) is 6.84. The maximum absolute atomic E-state index is 14.0. The first-order chi connectivity index (χ1) is 20.2. The number of fused-ring (bicyclic) bond motifs is 3. The van der Waals surface area contributed by atoms with Gasteiger partial charge in [0.1, 0.15) is 0 Å². The quantitative estimate of drug-likeness (QED) is 0.387. The summed E-state index contributed by atoms with van der Waals surface area (Å²) in [5.41, 5.74) is 1.11. The molecule has 6 fully saturated rings. The van der Waals surface area contributed by atoms with Gasteiger partial charge in [-0.3, -0.25) is 29.0 Å². The molecule has 42 heavy (non-hydrogen) atoms. The van der Waals surface area contributed by atoms with Gasteiger partial charge in [0.15, 0.2) is 5.69 Å². The van der Waals surface area contributed by atoms with E-state index in [1.165, 1.54) is 49.8 Å².